The number of hydrogen-bond acceptors (Lipinski definition) is 5. The van der Waals surface area contributed by atoms with Gasteiger partial charge in [-0.25, -0.2) is 23.3 Å². The Morgan fingerprint density at radius 1 is 0.951 bits per heavy atom. The first kappa shape index (κ1) is 27.8. The van der Waals surface area contributed by atoms with Gasteiger partial charge < -0.3 is 19.7 Å². The van der Waals surface area contributed by atoms with Crippen LogP contribution in [0.25, 0.3) is 0 Å². The zero-order chi connectivity index (χ0) is 28.7. The lowest BCUT2D eigenvalue weighted by atomic mass is 9.66. The van der Waals surface area contributed by atoms with E-state index in [4.69, 9.17) is 32.7 Å². The number of carbonyl (C=O) groups excluding carboxylic acids is 2. The van der Waals surface area contributed by atoms with Crippen molar-refractivity contribution in [2.24, 2.45) is 0 Å². The minimum atomic E-state index is -1.05. The third-order valence-corrected chi connectivity index (χ3v) is 8.66. The van der Waals surface area contributed by atoms with E-state index in [0.29, 0.717) is 23.0 Å². The zero-order valence-corrected chi connectivity index (χ0v) is 23.5. The van der Waals surface area contributed by atoms with E-state index in [2.05, 4.69) is 10.2 Å². The Morgan fingerprint density at radius 3 is 2.24 bits per heavy atom. The largest absolute Gasteiger partial charge is 0.457 e. The van der Waals surface area contributed by atoms with Crippen molar-refractivity contribution in [3.05, 3.63) is 93.0 Å². The monoisotopic (exact) mass is 601 g/mol. The minimum Gasteiger partial charge on any atom is -0.457 e. The van der Waals surface area contributed by atoms with Gasteiger partial charge in [0.1, 0.15) is 24.1 Å². The number of amides is 3. The first-order valence-corrected chi connectivity index (χ1v) is 14.2. The van der Waals surface area contributed by atoms with Crippen molar-refractivity contribution in [2.45, 2.75) is 30.7 Å². The van der Waals surface area contributed by atoms with E-state index in [1.165, 1.54) is 6.07 Å². The molecule has 0 aromatic heterocycles. The normalized spacial score (nSPS) is 19.4. The molecule has 3 amide bonds. The van der Waals surface area contributed by atoms with Crippen LogP contribution >= 0.6 is 23.2 Å². The molecule has 41 heavy (non-hydrogen) atoms. The average molecular weight is 602 g/mol. The van der Waals surface area contributed by atoms with E-state index in [1.54, 1.807) is 0 Å². The van der Waals surface area contributed by atoms with Gasteiger partial charge in [0.15, 0.2) is 11.6 Å². The summed E-state index contributed by atoms with van der Waals surface area (Å²) >= 11 is 12.8. The van der Waals surface area contributed by atoms with E-state index in [0.717, 1.165) is 72.1 Å². The number of imide groups is 1. The average Bonchev–Trinajstić information content (AvgIpc) is 3.35. The molecule has 3 aliphatic heterocycles. The molecule has 0 unspecified atom stereocenters. The quantitative estimate of drug-likeness (QED) is 0.317. The van der Waals surface area contributed by atoms with E-state index in [9.17, 15) is 18.4 Å². The fraction of sp³-hybridized carbons (Fsp3) is 0.333. The van der Waals surface area contributed by atoms with Gasteiger partial charge in [0.2, 0.25) is 0 Å². The summed E-state index contributed by atoms with van der Waals surface area (Å²) in [5.41, 5.74) is 2.15. The number of likely N-dealkylation sites (tertiary alicyclic amines) is 1. The van der Waals surface area contributed by atoms with Gasteiger partial charge in [0.25, 0.3) is 0 Å². The van der Waals surface area contributed by atoms with Crippen LogP contribution in [0, 0.1) is 11.6 Å². The predicted octanol–water partition coefficient (Wildman–Crippen LogP) is 7.05. The molecule has 11 heteroatoms. The minimum absolute atomic E-state index is 0.124. The Bertz CT molecular complexity index is 1460. The third-order valence-electron chi connectivity index (χ3n) is 8.19. The van der Waals surface area contributed by atoms with Crippen molar-refractivity contribution in [1.82, 2.24) is 15.1 Å². The molecular formula is C30H27Cl2F2N3O4. The van der Waals surface area contributed by atoms with Crippen LogP contribution in [0.4, 0.5) is 18.4 Å². The zero-order valence-electron chi connectivity index (χ0n) is 22.0. The predicted molar refractivity (Wildman–Crippen MR) is 150 cm³/mol. The molecule has 0 aliphatic carbocycles. The summed E-state index contributed by atoms with van der Waals surface area (Å²) in [6.45, 7) is 2.60. The van der Waals surface area contributed by atoms with Crippen LogP contribution in [0.5, 0.6) is 11.5 Å². The van der Waals surface area contributed by atoms with Crippen LogP contribution in [-0.4, -0.2) is 54.7 Å². The van der Waals surface area contributed by atoms with Crippen molar-refractivity contribution >= 4 is 35.3 Å². The van der Waals surface area contributed by atoms with Crippen molar-refractivity contribution in [3.63, 3.8) is 0 Å². The number of carbonyl (C=O) groups is 2. The Morgan fingerprint density at radius 2 is 1.61 bits per heavy atom. The topological polar surface area (TPSA) is 71.1 Å². The maximum absolute atomic E-state index is 13.7. The van der Waals surface area contributed by atoms with Gasteiger partial charge in [-0.1, -0.05) is 29.3 Å². The van der Waals surface area contributed by atoms with Gasteiger partial charge >= 0.3 is 12.1 Å². The molecule has 1 N–H and O–H groups in total. The van der Waals surface area contributed by atoms with Gasteiger partial charge in [-0.3, -0.25) is 0 Å². The number of nitrogens with one attached hydrogen (secondary N) is 1. The summed E-state index contributed by atoms with van der Waals surface area (Å²) in [4.78, 5) is 28.3. The van der Waals surface area contributed by atoms with Crippen molar-refractivity contribution in [3.8, 4) is 11.5 Å². The number of rotatable bonds is 5. The summed E-state index contributed by atoms with van der Waals surface area (Å²) in [6, 6.07) is 13.3. The lowest BCUT2D eigenvalue weighted by Crippen LogP contribution is -2.46. The highest BCUT2D eigenvalue weighted by Gasteiger charge is 2.44. The van der Waals surface area contributed by atoms with Crippen LogP contribution in [0.15, 0.2) is 54.6 Å². The third kappa shape index (κ3) is 5.22. The van der Waals surface area contributed by atoms with Crippen LogP contribution < -0.4 is 10.1 Å². The first-order chi connectivity index (χ1) is 19.7. The fourth-order valence-electron chi connectivity index (χ4n) is 6.09. The van der Waals surface area contributed by atoms with E-state index >= 15 is 0 Å². The molecule has 3 heterocycles. The Balaban J connectivity index is 1.07. The lowest BCUT2D eigenvalue weighted by molar-refractivity contribution is 0.157. The number of fused-ring (bicyclic) bond motifs is 4. The smallest absolute Gasteiger partial charge is 0.418 e. The highest BCUT2D eigenvalue weighted by atomic mass is 35.5. The molecule has 3 aliphatic rings. The van der Waals surface area contributed by atoms with Gasteiger partial charge in [-0.05, 0) is 93.0 Å². The van der Waals surface area contributed by atoms with Gasteiger partial charge in [0.05, 0.1) is 0 Å². The number of nitrogens with zero attached hydrogens (tertiary/aromatic N) is 2. The second-order valence-corrected chi connectivity index (χ2v) is 11.4. The number of benzene rings is 3. The summed E-state index contributed by atoms with van der Waals surface area (Å²) < 4.78 is 38.3. The number of hydrogen-bond donors (Lipinski definition) is 1. The molecule has 6 rings (SSSR count). The summed E-state index contributed by atoms with van der Waals surface area (Å²) in [6.07, 6.45) is 1.53. The molecular weight excluding hydrogens is 575 g/mol. The van der Waals surface area contributed by atoms with Crippen LogP contribution in [0.2, 0.25) is 10.0 Å². The van der Waals surface area contributed by atoms with Crippen LogP contribution in [0.1, 0.15) is 42.0 Å². The molecule has 3 aromatic carbocycles. The molecule has 0 saturated carbocycles. The lowest BCUT2D eigenvalue weighted by Gasteiger charge is -2.46. The second kappa shape index (κ2) is 11.1. The molecule has 1 spiro atoms. The number of piperidine rings is 1. The SMILES string of the molecule is O=C(NCCCN1CCC2(CC1)c1cc(Cl)ccc1Oc1ccc(Cl)cc12)N1C(=O)OC[C@@H]1c1ccc(F)c(F)c1. The molecule has 3 aromatic rings. The standard InChI is InChI=1S/C30H27Cl2F2N3O4/c31-19-3-6-26-21(15-19)30(22-16-20(32)4-7-27(22)41-26)8-12-36(13-9-30)11-1-10-35-28(38)37-25(17-40-29(37)39)18-2-5-23(33)24(34)14-18/h2-7,14-16,25H,1,8-13,17H2,(H,35,38)/t25-/m1/s1. The molecule has 214 valence electrons. The van der Waals surface area contributed by atoms with Gasteiger partial charge in [0, 0.05) is 33.1 Å². The van der Waals surface area contributed by atoms with E-state index < -0.39 is 29.8 Å². The summed E-state index contributed by atoms with van der Waals surface area (Å²) in [5.74, 6) is -0.439. The van der Waals surface area contributed by atoms with E-state index in [-0.39, 0.29) is 17.6 Å². The maximum Gasteiger partial charge on any atom is 0.418 e. The maximum atomic E-state index is 13.7. The highest BCUT2D eigenvalue weighted by molar-refractivity contribution is 6.31. The van der Waals surface area contributed by atoms with Gasteiger partial charge in [-0.2, -0.15) is 0 Å². The molecule has 0 bridgehead atoms. The molecule has 0 radical (unpaired) electrons. The molecule has 1 atom stereocenters. The molecule has 7 nitrogen and oxygen atoms in total. The summed E-state index contributed by atoms with van der Waals surface area (Å²) in [7, 11) is 0. The number of cyclic esters (lactones) is 1. The number of urea groups is 1. The fourth-order valence-corrected chi connectivity index (χ4v) is 6.43. The highest BCUT2D eigenvalue weighted by Crippen LogP contribution is 2.54. The Hall–Kier alpha value is -3.40. The Kier molecular flexibility index (Phi) is 7.52. The number of halogens is 4. The molecule has 2 fully saturated rings. The molecule has 2 saturated heterocycles. The van der Waals surface area contributed by atoms with Crippen molar-refractivity contribution in [2.75, 3.05) is 32.8 Å². The Labute approximate surface area is 245 Å². The van der Waals surface area contributed by atoms with Crippen molar-refractivity contribution < 1.29 is 27.8 Å². The van der Waals surface area contributed by atoms with Crippen molar-refractivity contribution in [1.29, 1.82) is 0 Å². The summed E-state index contributed by atoms with van der Waals surface area (Å²) in [5, 5.41) is 4.07. The van der Waals surface area contributed by atoms with E-state index in [1.807, 2.05) is 36.4 Å². The van der Waals surface area contributed by atoms with Crippen LogP contribution in [-0.2, 0) is 10.2 Å². The first-order valence-electron chi connectivity index (χ1n) is 13.4. The number of ether oxygens (including phenoxy) is 2. The van der Waals surface area contributed by atoms with Crippen LogP contribution in [0.3, 0.4) is 0 Å². The van der Waals surface area contributed by atoms with Gasteiger partial charge in [-0.15, -0.1) is 0 Å². The second-order valence-electron chi connectivity index (χ2n) is 10.5.